The number of carbonyl (C=O) groups excluding carboxylic acids is 1. The minimum absolute atomic E-state index is 0.0320. The molecule has 2 aromatic carbocycles. The van der Waals surface area contributed by atoms with Crippen LogP contribution in [0.1, 0.15) is 52.4 Å². The molecule has 8 heteroatoms. The molecule has 2 aromatic rings. The topological polar surface area (TPSA) is 81.8 Å². The molecular weight excluding hydrogens is 414 g/mol. The second-order valence-corrected chi connectivity index (χ2v) is 9.16. The van der Waals surface area contributed by atoms with E-state index in [-0.39, 0.29) is 23.3 Å². The summed E-state index contributed by atoms with van der Waals surface area (Å²) in [5.41, 5.74) is 9.14. The van der Waals surface area contributed by atoms with Crippen molar-refractivity contribution in [3.8, 4) is 0 Å². The number of benzene rings is 2. The summed E-state index contributed by atoms with van der Waals surface area (Å²) >= 11 is 0. The zero-order valence-electron chi connectivity index (χ0n) is 18.2. The SMILES string of the molecule is Cc1c(F)c(N2CCC(C(N)c3ccccc3F)C2)c(C)c2c1C(=O)NC(O)N2C1CC1. The van der Waals surface area contributed by atoms with E-state index in [2.05, 4.69) is 5.32 Å². The molecule has 4 N–H and O–H groups in total. The molecule has 1 amide bonds. The van der Waals surface area contributed by atoms with Gasteiger partial charge in [-0.05, 0) is 50.7 Å². The number of nitrogens with two attached hydrogens (primary N) is 1. The quantitative estimate of drug-likeness (QED) is 0.678. The molecule has 2 aliphatic heterocycles. The fraction of sp³-hybridized carbons (Fsp3) is 0.458. The highest BCUT2D eigenvalue weighted by Crippen LogP contribution is 2.46. The molecule has 0 aromatic heterocycles. The Kier molecular flexibility index (Phi) is 5.09. The molecule has 0 radical (unpaired) electrons. The van der Waals surface area contributed by atoms with E-state index in [1.165, 1.54) is 6.07 Å². The highest BCUT2D eigenvalue weighted by atomic mass is 19.1. The van der Waals surface area contributed by atoms with Crippen molar-refractivity contribution >= 4 is 17.3 Å². The molecule has 1 saturated heterocycles. The van der Waals surface area contributed by atoms with Gasteiger partial charge in [0.1, 0.15) is 5.82 Å². The third-order valence-corrected chi connectivity index (χ3v) is 7.12. The van der Waals surface area contributed by atoms with E-state index in [0.29, 0.717) is 47.6 Å². The lowest BCUT2D eigenvalue weighted by atomic mass is 9.92. The van der Waals surface area contributed by atoms with Gasteiger partial charge in [-0.2, -0.15) is 0 Å². The van der Waals surface area contributed by atoms with E-state index in [1.54, 1.807) is 30.0 Å². The minimum atomic E-state index is -1.13. The molecule has 3 unspecified atom stereocenters. The average molecular weight is 443 g/mol. The molecule has 2 fully saturated rings. The van der Waals surface area contributed by atoms with Crippen molar-refractivity contribution in [3.63, 3.8) is 0 Å². The van der Waals surface area contributed by atoms with Crippen molar-refractivity contribution in [2.24, 2.45) is 11.7 Å². The number of hydrogen-bond acceptors (Lipinski definition) is 5. The van der Waals surface area contributed by atoms with Gasteiger partial charge in [0.15, 0.2) is 5.82 Å². The maximum Gasteiger partial charge on any atom is 0.257 e. The zero-order chi connectivity index (χ0) is 22.7. The molecule has 1 aliphatic carbocycles. The van der Waals surface area contributed by atoms with Crippen LogP contribution >= 0.6 is 0 Å². The van der Waals surface area contributed by atoms with E-state index in [9.17, 15) is 14.3 Å². The Hall–Kier alpha value is -2.71. The summed E-state index contributed by atoms with van der Waals surface area (Å²) < 4.78 is 29.9. The van der Waals surface area contributed by atoms with E-state index in [0.717, 1.165) is 12.8 Å². The molecule has 6 nitrogen and oxygen atoms in total. The third-order valence-electron chi connectivity index (χ3n) is 7.12. The van der Waals surface area contributed by atoms with E-state index >= 15 is 4.39 Å². The normalized spacial score (nSPS) is 23.9. The molecule has 3 aliphatic rings. The number of amides is 1. The summed E-state index contributed by atoms with van der Waals surface area (Å²) in [6, 6.07) is 6.15. The lowest BCUT2D eigenvalue weighted by Gasteiger charge is -2.39. The third kappa shape index (κ3) is 3.24. The first-order valence-electron chi connectivity index (χ1n) is 11.1. The molecule has 3 atom stereocenters. The van der Waals surface area contributed by atoms with Crippen molar-refractivity contribution in [2.45, 2.75) is 51.5 Å². The van der Waals surface area contributed by atoms with Gasteiger partial charge in [0.25, 0.3) is 5.91 Å². The number of carbonyl (C=O) groups is 1. The highest BCUT2D eigenvalue weighted by Gasteiger charge is 2.43. The van der Waals surface area contributed by atoms with Gasteiger partial charge in [-0.1, -0.05) is 18.2 Å². The molecule has 2 heterocycles. The van der Waals surface area contributed by atoms with E-state index in [4.69, 9.17) is 5.73 Å². The van der Waals surface area contributed by atoms with Crippen LogP contribution in [-0.2, 0) is 0 Å². The van der Waals surface area contributed by atoms with Crippen molar-refractivity contribution in [1.29, 1.82) is 0 Å². The van der Waals surface area contributed by atoms with Crippen LogP contribution in [0.15, 0.2) is 24.3 Å². The number of aliphatic hydroxyl groups is 1. The summed E-state index contributed by atoms with van der Waals surface area (Å²) in [5, 5.41) is 13.1. The Labute approximate surface area is 186 Å². The predicted molar refractivity (Wildman–Crippen MR) is 118 cm³/mol. The minimum Gasteiger partial charge on any atom is -0.369 e. The van der Waals surface area contributed by atoms with Crippen LogP contribution in [0, 0.1) is 31.4 Å². The average Bonchev–Trinajstić information content (AvgIpc) is 3.48. The summed E-state index contributed by atoms with van der Waals surface area (Å²) in [5.74, 6) is -1.25. The van der Waals surface area contributed by atoms with Gasteiger partial charge in [0.2, 0.25) is 6.35 Å². The van der Waals surface area contributed by atoms with Crippen LogP contribution in [0.4, 0.5) is 20.2 Å². The number of nitrogens with zero attached hydrogens (tertiary/aromatic N) is 2. The number of hydrogen-bond donors (Lipinski definition) is 3. The highest BCUT2D eigenvalue weighted by molar-refractivity contribution is 6.05. The van der Waals surface area contributed by atoms with Gasteiger partial charge in [0.05, 0.1) is 16.9 Å². The maximum absolute atomic E-state index is 15.6. The number of rotatable bonds is 4. The van der Waals surface area contributed by atoms with Gasteiger partial charge in [0, 0.05) is 36.3 Å². The van der Waals surface area contributed by atoms with Crippen molar-refractivity contribution < 1.29 is 18.7 Å². The van der Waals surface area contributed by atoms with Gasteiger partial charge in [-0.15, -0.1) is 0 Å². The number of anilines is 2. The van der Waals surface area contributed by atoms with Gasteiger partial charge in [-0.3, -0.25) is 4.79 Å². The van der Waals surface area contributed by atoms with Gasteiger partial charge < -0.3 is 26.0 Å². The first-order valence-corrected chi connectivity index (χ1v) is 11.1. The largest absolute Gasteiger partial charge is 0.369 e. The smallest absolute Gasteiger partial charge is 0.257 e. The Balaban J connectivity index is 1.52. The van der Waals surface area contributed by atoms with Crippen LogP contribution < -0.4 is 20.9 Å². The van der Waals surface area contributed by atoms with Crippen LogP contribution in [0.25, 0.3) is 0 Å². The molecule has 170 valence electrons. The first kappa shape index (κ1) is 21.2. The van der Waals surface area contributed by atoms with Crippen molar-refractivity contribution in [2.75, 3.05) is 22.9 Å². The molecule has 0 bridgehead atoms. The lowest BCUT2D eigenvalue weighted by Crippen LogP contribution is -2.54. The molecule has 32 heavy (non-hydrogen) atoms. The monoisotopic (exact) mass is 442 g/mol. The Bertz CT molecular complexity index is 1090. The van der Waals surface area contributed by atoms with E-state index in [1.807, 2.05) is 11.8 Å². The van der Waals surface area contributed by atoms with Gasteiger partial charge >= 0.3 is 0 Å². The second kappa shape index (κ2) is 7.71. The first-order chi connectivity index (χ1) is 15.3. The zero-order valence-corrected chi connectivity index (χ0v) is 18.2. The number of nitrogens with one attached hydrogen (secondary N) is 1. The molecule has 0 spiro atoms. The predicted octanol–water partition coefficient (Wildman–Crippen LogP) is 3.10. The van der Waals surface area contributed by atoms with Crippen LogP contribution in [-0.4, -0.2) is 36.5 Å². The fourth-order valence-electron chi connectivity index (χ4n) is 5.30. The van der Waals surface area contributed by atoms with Crippen LogP contribution in [0.3, 0.4) is 0 Å². The summed E-state index contributed by atoms with van der Waals surface area (Å²) in [4.78, 5) is 16.4. The Morgan fingerprint density at radius 2 is 1.84 bits per heavy atom. The Morgan fingerprint density at radius 3 is 2.53 bits per heavy atom. The molecular formula is C24H28F2N4O2. The van der Waals surface area contributed by atoms with Gasteiger partial charge in [-0.25, -0.2) is 8.78 Å². The summed E-state index contributed by atoms with van der Waals surface area (Å²) in [6.45, 7) is 4.49. The van der Waals surface area contributed by atoms with Crippen LogP contribution in [0.5, 0.6) is 0 Å². The second-order valence-electron chi connectivity index (χ2n) is 9.16. The standard InChI is InChI=1S/C24H28F2N4O2/c1-12-18-21(30(15-7-8-15)24(32)28-23(18)31)13(2)22(19(12)26)29-10-9-14(11-29)20(27)16-5-3-4-6-17(16)25/h3-6,14-15,20,24,32H,7-11,27H2,1-2H3,(H,28,31). The Morgan fingerprint density at radius 1 is 1.12 bits per heavy atom. The lowest BCUT2D eigenvalue weighted by molar-refractivity contribution is 0.0738. The summed E-state index contributed by atoms with van der Waals surface area (Å²) in [6.07, 6.45) is 1.42. The molecule has 5 rings (SSSR count). The number of fused-ring (bicyclic) bond motifs is 1. The summed E-state index contributed by atoms with van der Waals surface area (Å²) in [7, 11) is 0. The fourth-order valence-corrected chi connectivity index (χ4v) is 5.30. The number of halogens is 2. The van der Waals surface area contributed by atoms with Crippen molar-refractivity contribution in [3.05, 3.63) is 58.2 Å². The molecule has 1 saturated carbocycles. The maximum atomic E-state index is 15.6. The number of aliphatic hydroxyl groups excluding tert-OH is 1. The van der Waals surface area contributed by atoms with E-state index < -0.39 is 24.1 Å². The van der Waals surface area contributed by atoms with Crippen molar-refractivity contribution in [1.82, 2.24) is 5.32 Å². The van der Waals surface area contributed by atoms with Crippen LogP contribution in [0.2, 0.25) is 0 Å².